The van der Waals surface area contributed by atoms with Crippen molar-refractivity contribution in [2.24, 2.45) is 17.8 Å². The van der Waals surface area contributed by atoms with Gasteiger partial charge in [-0.15, -0.1) is 0 Å². The van der Waals surface area contributed by atoms with Gasteiger partial charge in [0.2, 0.25) is 5.91 Å². The Morgan fingerprint density at radius 3 is 2.18 bits per heavy atom. The minimum atomic E-state index is -0.492. The number of nitrogens with one attached hydrogen (secondary N) is 2. The molecule has 1 heterocycles. The number of benzene rings is 1. The van der Waals surface area contributed by atoms with Gasteiger partial charge in [-0.2, -0.15) is 0 Å². The molecule has 1 unspecified atom stereocenters. The molecule has 0 radical (unpaired) electrons. The Kier molecular flexibility index (Phi) is 6.31. The van der Waals surface area contributed by atoms with Crippen LogP contribution in [0.1, 0.15) is 55.8 Å². The van der Waals surface area contributed by atoms with Crippen molar-refractivity contribution in [2.75, 3.05) is 26.2 Å². The smallest absolute Gasteiger partial charge is 0.321 e. The average Bonchev–Trinajstić information content (AvgIpc) is 2.77. The lowest BCUT2D eigenvalue weighted by Crippen LogP contribution is -2.63. The molecule has 6 rings (SSSR count). The van der Waals surface area contributed by atoms with Gasteiger partial charge in [-0.05, 0) is 81.4 Å². The second kappa shape index (κ2) is 9.11. The van der Waals surface area contributed by atoms with Crippen molar-refractivity contribution in [1.82, 2.24) is 20.4 Å². The van der Waals surface area contributed by atoms with Crippen LogP contribution in [0, 0.1) is 23.6 Å². The van der Waals surface area contributed by atoms with E-state index in [0.717, 1.165) is 25.3 Å². The van der Waals surface area contributed by atoms with Crippen LogP contribution in [0.3, 0.4) is 0 Å². The molecule has 4 aliphatic carbocycles. The van der Waals surface area contributed by atoms with Gasteiger partial charge in [0.25, 0.3) is 5.91 Å². The molecular formula is C25H32ClFN4O3. The maximum Gasteiger partial charge on any atom is 0.321 e. The Balaban J connectivity index is 1.11. The summed E-state index contributed by atoms with van der Waals surface area (Å²) in [5.74, 6) is 1.07. The summed E-state index contributed by atoms with van der Waals surface area (Å²) in [5.41, 5.74) is 0.124. The summed E-state index contributed by atoms with van der Waals surface area (Å²) in [4.78, 5) is 41.9. The summed E-state index contributed by atoms with van der Waals surface area (Å²) in [6, 6.07) is 2.86. The fraction of sp³-hybridized carbons (Fsp3) is 0.640. The molecule has 5 fully saturated rings. The molecule has 9 heteroatoms. The third-order valence-electron chi connectivity index (χ3n) is 8.34. The van der Waals surface area contributed by atoms with Crippen LogP contribution in [-0.2, 0) is 4.79 Å². The van der Waals surface area contributed by atoms with Crippen molar-refractivity contribution in [3.63, 3.8) is 0 Å². The largest absolute Gasteiger partial charge is 0.336 e. The number of amides is 4. The molecule has 0 aromatic heterocycles. The van der Waals surface area contributed by atoms with Crippen molar-refractivity contribution in [3.8, 4) is 0 Å². The summed E-state index contributed by atoms with van der Waals surface area (Å²) in [7, 11) is 0. The highest BCUT2D eigenvalue weighted by molar-refractivity contribution is 6.33. The molecule has 1 aliphatic heterocycles. The van der Waals surface area contributed by atoms with Crippen molar-refractivity contribution in [3.05, 3.63) is 34.6 Å². The van der Waals surface area contributed by atoms with E-state index >= 15 is 0 Å². The number of carbonyl (C=O) groups excluding carboxylic acids is 3. The van der Waals surface area contributed by atoms with Gasteiger partial charge in [-0.3, -0.25) is 19.8 Å². The lowest BCUT2D eigenvalue weighted by Gasteiger charge is -2.56. The number of imide groups is 1. The number of nitrogens with zero attached hydrogens (tertiary/aromatic N) is 2. The monoisotopic (exact) mass is 490 g/mol. The van der Waals surface area contributed by atoms with E-state index in [1.807, 2.05) is 4.90 Å². The van der Waals surface area contributed by atoms with Crippen molar-refractivity contribution in [2.45, 2.75) is 57.0 Å². The number of urea groups is 1. The number of carbonyl (C=O) groups is 3. The normalized spacial score (nSPS) is 31.3. The molecular weight excluding hydrogens is 459 g/mol. The Hall–Kier alpha value is -2.19. The highest BCUT2D eigenvalue weighted by atomic mass is 35.5. The fourth-order valence-electron chi connectivity index (χ4n) is 7.06. The van der Waals surface area contributed by atoms with Gasteiger partial charge in [0.1, 0.15) is 5.82 Å². The summed E-state index contributed by atoms with van der Waals surface area (Å²) in [6.45, 7) is 3.61. The Labute approximate surface area is 204 Å². The minimum absolute atomic E-state index is 0.0882. The molecule has 7 nitrogen and oxygen atoms in total. The van der Waals surface area contributed by atoms with E-state index in [9.17, 15) is 18.8 Å². The van der Waals surface area contributed by atoms with Crippen LogP contribution in [0.15, 0.2) is 18.2 Å². The zero-order chi connectivity index (χ0) is 24.0. The van der Waals surface area contributed by atoms with Crippen LogP contribution in [-0.4, -0.2) is 65.4 Å². The molecule has 1 atom stereocenters. The molecule has 2 N–H and O–H groups in total. The number of hydrogen-bond acceptors (Lipinski definition) is 4. The third kappa shape index (κ3) is 4.67. The van der Waals surface area contributed by atoms with Gasteiger partial charge in [0.05, 0.1) is 16.6 Å². The highest BCUT2D eigenvalue weighted by Crippen LogP contribution is 2.55. The topological polar surface area (TPSA) is 81.8 Å². The van der Waals surface area contributed by atoms with Crippen LogP contribution in [0.5, 0.6) is 0 Å². The third-order valence-corrected chi connectivity index (χ3v) is 8.66. The number of halogens is 2. The lowest BCUT2D eigenvalue weighted by atomic mass is 9.53. The quantitative estimate of drug-likeness (QED) is 0.677. The Morgan fingerprint density at radius 1 is 1.03 bits per heavy atom. The number of hydrogen-bond donors (Lipinski definition) is 2. The predicted molar refractivity (Wildman–Crippen MR) is 126 cm³/mol. The zero-order valence-electron chi connectivity index (χ0n) is 19.5. The minimum Gasteiger partial charge on any atom is -0.336 e. The first-order valence-corrected chi connectivity index (χ1v) is 12.7. The second-order valence-electron chi connectivity index (χ2n) is 10.8. The van der Waals surface area contributed by atoms with Crippen molar-refractivity contribution >= 4 is 29.4 Å². The molecule has 1 saturated heterocycles. The van der Waals surface area contributed by atoms with Crippen LogP contribution in [0.4, 0.5) is 9.18 Å². The fourth-order valence-corrected chi connectivity index (χ4v) is 7.31. The van der Waals surface area contributed by atoms with Crippen LogP contribution >= 0.6 is 11.6 Å². The van der Waals surface area contributed by atoms with E-state index in [1.165, 1.54) is 31.4 Å². The molecule has 0 spiro atoms. The summed E-state index contributed by atoms with van der Waals surface area (Å²) in [6.07, 6.45) is 6.97. The standard InChI is InChI=1S/C25H32ClFN4O3/c1-15(30-4-6-31(7-5-30)23(33)20-3-2-19(27)11-21(20)26)22(32)28-24(34)29-25-12-16-8-17(13-25)10-18(9-16)14-25/h2-3,11,15-18H,4-10,12-14H2,1H3,(H2,28,29,32,34). The molecule has 34 heavy (non-hydrogen) atoms. The summed E-state index contributed by atoms with van der Waals surface area (Å²) >= 11 is 6.04. The first kappa shape index (κ1) is 23.5. The average molecular weight is 491 g/mol. The Morgan fingerprint density at radius 2 is 1.62 bits per heavy atom. The molecule has 184 valence electrons. The van der Waals surface area contributed by atoms with Gasteiger partial charge in [-0.25, -0.2) is 9.18 Å². The summed E-state index contributed by atoms with van der Waals surface area (Å²) in [5, 5.41) is 5.83. The molecule has 1 aromatic rings. The predicted octanol–water partition coefficient (Wildman–Crippen LogP) is 3.42. The van der Waals surface area contributed by atoms with E-state index in [-0.39, 0.29) is 27.9 Å². The van der Waals surface area contributed by atoms with E-state index < -0.39 is 17.9 Å². The second-order valence-corrected chi connectivity index (χ2v) is 11.2. The van der Waals surface area contributed by atoms with Gasteiger partial charge < -0.3 is 10.2 Å². The van der Waals surface area contributed by atoms with E-state index in [4.69, 9.17) is 11.6 Å². The number of rotatable bonds is 4. The van der Waals surface area contributed by atoms with Crippen molar-refractivity contribution < 1.29 is 18.8 Å². The Bertz CT molecular complexity index is 959. The highest BCUT2D eigenvalue weighted by Gasteiger charge is 2.51. The molecule has 5 aliphatic rings. The molecule has 4 amide bonds. The molecule has 4 bridgehead atoms. The van der Waals surface area contributed by atoms with E-state index in [0.29, 0.717) is 43.9 Å². The SMILES string of the molecule is CC(C(=O)NC(=O)NC12CC3CC(CC(C3)C1)C2)N1CCN(C(=O)c2ccc(F)cc2Cl)CC1. The van der Waals surface area contributed by atoms with Gasteiger partial charge in [0.15, 0.2) is 0 Å². The van der Waals surface area contributed by atoms with Crippen LogP contribution < -0.4 is 10.6 Å². The van der Waals surface area contributed by atoms with Crippen molar-refractivity contribution in [1.29, 1.82) is 0 Å². The first-order valence-electron chi connectivity index (χ1n) is 12.3. The maximum absolute atomic E-state index is 13.3. The van der Waals surface area contributed by atoms with Crippen LogP contribution in [0.25, 0.3) is 0 Å². The van der Waals surface area contributed by atoms with Gasteiger partial charge in [-0.1, -0.05) is 11.6 Å². The van der Waals surface area contributed by atoms with E-state index in [2.05, 4.69) is 10.6 Å². The van der Waals surface area contributed by atoms with Crippen LogP contribution in [0.2, 0.25) is 5.02 Å². The molecule has 1 aromatic carbocycles. The van der Waals surface area contributed by atoms with E-state index in [1.54, 1.807) is 11.8 Å². The lowest BCUT2D eigenvalue weighted by molar-refractivity contribution is -0.125. The zero-order valence-corrected chi connectivity index (χ0v) is 20.2. The number of piperazine rings is 1. The van der Waals surface area contributed by atoms with Gasteiger partial charge >= 0.3 is 6.03 Å². The maximum atomic E-state index is 13.3. The molecule has 4 saturated carbocycles. The summed E-state index contributed by atoms with van der Waals surface area (Å²) < 4.78 is 13.3. The van der Waals surface area contributed by atoms with Gasteiger partial charge in [0, 0.05) is 31.7 Å². The first-order chi connectivity index (χ1) is 16.2.